The number of nitrogens with one attached hydrogen (secondary N) is 1. The minimum atomic E-state index is 0.0839. The van der Waals surface area contributed by atoms with Gasteiger partial charge in [0.2, 0.25) is 5.91 Å². The lowest BCUT2D eigenvalue weighted by Crippen LogP contribution is -2.37. The number of aromatic nitrogens is 2. The third kappa shape index (κ3) is 4.31. The van der Waals surface area contributed by atoms with Crippen molar-refractivity contribution < 1.29 is 9.53 Å². The number of carbonyl (C=O) groups excluding carboxylic acids is 1. The summed E-state index contributed by atoms with van der Waals surface area (Å²) in [6.07, 6.45) is 3.83. The molecule has 0 aliphatic heterocycles. The van der Waals surface area contributed by atoms with Crippen LogP contribution in [0.15, 0.2) is 73.1 Å². The Labute approximate surface area is 182 Å². The summed E-state index contributed by atoms with van der Waals surface area (Å²) in [5, 5.41) is 1.06. The van der Waals surface area contributed by atoms with Crippen molar-refractivity contribution in [1.82, 2.24) is 14.9 Å². The van der Waals surface area contributed by atoms with Crippen molar-refractivity contribution in [2.45, 2.75) is 32.9 Å². The summed E-state index contributed by atoms with van der Waals surface area (Å²) in [6.45, 7) is 4.66. The van der Waals surface area contributed by atoms with Gasteiger partial charge in [0, 0.05) is 41.4 Å². The van der Waals surface area contributed by atoms with E-state index in [1.807, 2.05) is 59.5 Å². The molecular weight excluding hydrogens is 386 g/mol. The van der Waals surface area contributed by atoms with Crippen molar-refractivity contribution in [2.75, 3.05) is 7.11 Å². The molecule has 158 valence electrons. The van der Waals surface area contributed by atoms with E-state index >= 15 is 0 Å². The van der Waals surface area contributed by atoms with Crippen molar-refractivity contribution in [3.8, 4) is 17.0 Å². The van der Waals surface area contributed by atoms with Crippen LogP contribution in [0.25, 0.3) is 22.2 Å². The number of fused-ring (bicyclic) bond motifs is 1. The van der Waals surface area contributed by atoms with E-state index in [4.69, 9.17) is 4.74 Å². The average Bonchev–Trinajstić information content (AvgIpc) is 3.16. The number of benzene rings is 2. The summed E-state index contributed by atoms with van der Waals surface area (Å²) in [5.41, 5.74) is 4.96. The van der Waals surface area contributed by atoms with Crippen LogP contribution < -0.4 is 4.74 Å². The molecule has 1 amide bonds. The SMILES string of the molecule is COc1ccccc1-c1[nH]c2ccccc2c1CC(=O)N(Cc1ccncc1)C(C)C. The number of para-hydroxylation sites is 2. The molecule has 0 saturated carbocycles. The fourth-order valence-electron chi connectivity index (χ4n) is 3.96. The Morgan fingerprint density at radius 1 is 1.03 bits per heavy atom. The quantitative estimate of drug-likeness (QED) is 0.452. The van der Waals surface area contributed by atoms with E-state index in [9.17, 15) is 4.79 Å². The van der Waals surface area contributed by atoms with Crippen LogP contribution in [0.2, 0.25) is 0 Å². The Morgan fingerprint density at radius 2 is 1.74 bits per heavy atom. The Bertz CT molecular complexity index is 1180. The molecule has 0 unspecified atom stereocenters. The van der Waals surface area contributed by atoms with E-state index < -0.39 is 0 Å². The van der Waals surface area contributed by atoms with Gasteiger partial charge in [0.15, 0.2) is 0 Å². The van der Waals surface area contributed by atoms with Gasteiger partial charge in [0.05, 0.1) is 19.2 Å². The van der Waals surface area contributed by atoms with Gasteiger partial charge in [0.1, 0.15) is 5.75 Å². The van der Waals surface area contributed by atoms with Crippen molar-refractivity contribution in [3.63, 3.8) is 0 Å². The van der Waals surface area contributed by atoms with Gasteiger partial charge in [-0.05, 0) is 55.3 Å². The maximum Gasteiger partial charge on any atom is 0.227 e. The van der Waals surface area contributed by atoms with Gasteiger partial charge < -0.3 is 14.6 Å². The second-order valence-electron chi connectivity index (χ2n) is 7.87. The summed E-state index contributed by atoms with van der Waals surface area (Å²) >= 11 is 0. The number of amides is 1. The van der Waals surface area contributed by atoms with Gasteiger partial charge in [-0.15, -0.1) is 0 Å². The van der Waals surface area contributed by atoms with Gasteiger partial charge in [-0.25, -0.2) is 0 Å². The molecule has 0 spiro atoms. The standard InChI is InChI=1S/C26H27N3O2/c1-18(2)29(17-19-12-14-27-15-13-19)25(30)16-22-20-8-4-6-10-23(20)28-26(22)21-9-5-7-11-24(21)31-3/h4-15,18,28H,16-17H2,1-3H3. The molecule has 1 N–H and O–H groups in total. The summed E-state index contributed by atoms with van der Waals surface area (Å²) < 4.78 is 5.60. The minimum Gasteiger partial charge on any atom is -0.496 e. The molecule has 2 aromatic heterocycles. The lowest BCUT2D eigenvalue weighted by molar-refractivity contribution is -0.132. The molecule has 0 bridgehead atoms. The number of nitrogens with zero attached hydrogens (tertiary/aromatic N) is 2. The highest BCUT2D eigenvalue weighted by atomic mass is 16.5. The summed E-state index contributed by atoms with van der Waals surface area (Å²) in [6, 6.07) is 20.0. The Hall–Kier alpha value is -3.60. The third-order valence-electron chi connectivity index (χ3n) is 5.56. The zero-order valence-electron chi connectivity index (χ0n) is 18.1. The molecule has 2 aromatic carbocycles. The summed E-state index contributed by atoms with van der Waals surface area (Å²) in [4.78, 5) is 23.0. The number of pyridine rings is 1. The molecule has 0 radical (unpaired) electrons. The third-order valence-corrected chi connectivity index (χ3v) is 5.56. The highest BCUT2D eigenvalue weighted by Gasteiger charge is 2.23. The monoisotopic (exact) mass is 413 g/mol. The maximum absolute atomic E-state index is 13.5. The number of aromatic amines is 1. The molecule has 0 atom stereocenters. The molecule has 0 aliphatic carbocycles. The first-order valence-corrected chi connectivity index (χ1v) is 10.5. The normalized spacial score (nSPS) is 11.1. The first-order chi connectivity index (χ1) is 15.1. The molecule has 4 aromatic rings. The largest absolute Gasteiger partial charge is 0.496 e. The number of hydrogen-bond donors (Lipinski definition) is 1. The van der Waals surface area contributed by atoms with Crippen molar-refractivity contribution in [1.29, 1.82) is 0 Å². The average molecular weight is 414 g/mol. The van der Waals surface area contributed by atoms with Gasteiger partial charge >= 0.3 is 0 Å². The molecule has 5 nitrogen and oxygen atoms in total. The molecule has 4 rings (SSSR count). The van der Waals surface area contributed by atoms with Crippen LogP contribution in [0, 0.1) is 0 Å². The smallest absolute Gasteiger partial charge is 0.227 e. The van der Waals surface area contributed by atoms with Crippen LogP contribution >= 0.6 is 0 Å². The second-order valence-corrected chi connectivity index (χ2v) is 7.87. The van der Waals surface area contributed by atoms with Crippen LogP contribution in [-0.4, -0.2) is 33.9 Å². The first kappa shape index (κ1) is 20.7. The van der Waals surface area contributed by atoms with E-state index in [0.29, 0.717) is 13.0 Å². The van der Waals surface area contributed by atoms with Gasteiger partial charge in [-0.1, -0.05) is 30.3 Å². The predicted molar refractivity (Wildman–Crippen MR) is 124 cm³/mol. The molecule has 2 heterocycles. The Morgan fingerprint density at radius 3 is 2.48 bits per heavy atom. The molecular formula is C26H27N3O2. The molecule has 5 heteroatoms. The highest BCUT2D eigenvalue weighted by Crippen LogP contribution is 2.36. The Kier molecular flexibility index (Phi) is 6.03. The van der Waals surface area contributed by atoms with Crippen LogP contribution in [0.1, 0.15) is 25.0 Å². The van der Waals surface area contributed by atoms with Crippen LogP contribution in [0.3, 0.4) is 0 Å². The van der Waals surface area contributed by atoms with Gasteiger partial charge in [-0.3, -0.25) is 9.78 Å². The van der Waals surface area contributed by atoms with Crippen LogP contribution in [0.5, 0.6) is 5.75 Å². The number of H-pyrrole nitrogens is 1. The topological polar surface area (TPSA) is 58.2 Å². The maximum atomic E-state index is 13.5. The van der Waals surface area contributed by atoms with E-state index in [1.54, 1.807) is 19.5 Å². The fraction of sp³-hybridized carbons (Fsp3) is 0.231. The predicted octanol–water partition coefficient (Wildman–Crippen LogP) is 5.22. The lowest BCUT2D eigenvalue weighted by Gasteiger charge is -2.27. The number of hydrogen-bond acceptors (Lipinski definition) is 3. The number of rotatable bonds is 7. The summed E-state index contributed by atoms with van der Waals surface area (Å²) in [7, 11) is 1.67. The summed E-state index contributed by atoms with van der Waals surface area (Å²) in [5.74, 6) is 0.868. The van der Waals surface area contributed by atoms with E-state index in [0.717, 1.165) is 39.0 Å². The lowest BCUT2D eigenvalue weighted by atomic mass is 10.0. The van der Waals surface area contributed by atoms with E-state index in [2.05, 4.69) is 29.9 Å². The van der Waals surface area contributed by atoms with E-state index in [-0.39, 0.29) is 11.9 Å². The molecule has 31 heavy (non-hydrogen) atoms. The second kappa shape index (κ2) is 9.04. The number of methoxy groups -OCH3 is 1. The van der Waals surface area contributed by atoms with Gasteiger partial charge in [-0.2, -0.15) is 0 Å². The molecule has 0 fully saturated rings. The zero-order valence-corrected chi connectivity index (χ0v) is 18.1. The van der Waals surface area contributed by atoms with Crippen molar-refractivity contribution in [2.24, 2.45) is 0 Å². The minimum absolute atomic E-state index is 0.0839. The zero-order chi connectivity index (χ0) is 21.8. The van der Waals surface area contributed by atoms with Crippen molar-refractivity contribution in [3.05, 3.63) is 84.2 Å². The van der Waals surface area contributed by atoms with E-state index in [1.165, 1.54) is 0 Å². The van der Waals surface area contributed by atoms with Crippen LogP contribution in [-0.2, 0) is 17.8 Å². The number of carbonyl (C=O) groups is 1. The molecule has 0 aliphatic rings. The number of ether oxygens (including phenoxy) is 1. The van der Waals surface area contributed by atoms with Gasteiger partial charge in [0.25, 0.3) is 0 Å². The van der Waals surface area contributed by atoms with Crippen LogP contribution in [0.4, 0.5) is 0 Å². The Balaban J connectivity index is 1.74. The highest BCUT2D eigenvalue weighted by molar-refractivity contribution is 5.96. The fourth-order valence-corrected chi connectivity index (χ4v) is 3.96. The van der Waals surface area contributed by atoms with Crippen molar-refractivity contribution >= 4 is 16.8 Å². The molecule has 0 saturated heterocycles. The first-order valence-electron chi connectivity index (χ1n) is 10.5.